The van der Waals surface area contributed by atoms with Crippen LogP contribution in [0.3, 0.4) is 0 Å². The molecule has 2 aromatic rings. The number of hydrogen-bond donors (Lipinski definition) is 2. The molecular weight excluding hydrogens is 304 g/mol. The second-order valence-electron chi connectivity index (χ2n) is 4.10. The van der Waals surface area contributed by atoms with Gasteiger partial charge >= 0.3 is 6.09 Å². The van der Waals surface area contributed by atoms with Crippen molar-refractivity contribution >= 4 is 23.8 Å². The van der Waals surface area contributed by atoms with Crippen molar-refractivity contribution in [1.29, 1.82) is 0 Å². The highest BCUT2D eigenvalue weighted by atomic mass is 32.2. The lowest BCUT2D eigenvalue weighted by Gasteiger charge is -2.11. The molecule has 8 heteroatoms. The van der Waals surface area contributed by atoms with Crippen LogP contribution in [-0.4, -0.2) is 34.4 Å². The Balaban J connectivity index is 2.23. The van der Waals surface area contributed by atoms with Gasteiger partial charge in [-0.3, -0.25) is 14.8 Å². The highest BCUT2D eigenvalue weighted by Crippen LogP contribution is 2.21. The number of thioether (sulfide) groups is 1. The maximum absolute atomic E-state index is 12.2. The molecule has 2 N–H and O–H groups in total. The van der Waals surface area contributed by atoms with Gasteiger partial charge in [0.1, 0.15) is 5.69 Å². The van der Waals surface area contributed by atoms with Crippen molar-refractivity contribution in [1.82, 2.24) is 20.4 Å². The standard InChI is InChI=1S/C14H16N4O3S/c1-3-21-14(20)17-16-12(19)11-9-15-13(22-2)18(11)10-7-5-4-6-8-10/h4-9H,3H2,1-2H3,(H,16,19)(H,17,20). The van der Waals surface area contributed by atoms with Gasteiger partial charge in [-0.2, -0.15) is 0 Å². The van der Waals surface area contributed by atoms with Gasteiger partial charge in [0, 0.05) is 5.69 Å². The lowest BCUT2D eigenvalue weighted by molar-refractivity contribution is 0.0905. The average molecular weight is 320 g/mol. The number of amides is 2. The van der Waals surface area contributed by atoms with Gasteiger partial charge in [-0.25, -0.2) is 15.2 Å². The van der Waals surface area contributed by atoms with Gasteiger partial charge in [-0.15, -0.1) is 0 Å². The minimum atomic E-state index is -0.716. The lowest BCUT2D eigenvalue weighted by Crippen LogP contribution is -2.42. The average Bonchev–Trinajstić information content (AvgIpc) is 2.97. The molecule has 0 atom stereocenters. The van der Waals surface area contributed by atoms with E-state index in [9.17, 15) is 9.59 Å². The molecule has 116 valence electrons. The molecule has 0 bridgehead atoms. The van der Waals surface area contributed by atoms with E-state index in [1.807, 2.05) is 36.6 Å². The zero-order valence-electron chi connectivity index (χ0n) is 12.2. The van der Waals surface area contributed by atoms with E-state index in [0.29, 0.717) is 10.9 Å². The van der Waals surface area contributed by atoms with Gasteiger partial charge in [0.15, 0.2) is 5.16 Å². The number of imidazole rings is 1. The third kappa shape index (κ3) is 3.59. The number of benzene rings is 1. The van der Waals surface area contributed by atoms with Crippen LogP contribution in [0, 0.1) is 0 Å². The van der Waals surface area contributed by atoms with Crippen LogP contribution in [0.15, 0.2) is 41.7 Å². The van der Waals surface area contributed by atoms with E-state index in [4.69, 9.17) is 0 Å². The number of nitrogens with one attached hydrogen (secondary N) is 2. The van der Waals surface area contributed by atoms with Crippen LogP contribution in [0.1, 0.15) is 17.4 Å². The van der Waals surface area contributed by atoms with Crippen molar-refractivity contribution in [3.63, 3.8) is 0 Å². The van der Waals surface area contributed by atoms with Crippen LogP contribution in [0.2, 0.25) is 0 Å². The number of para-hydroxylation sites is 1. The number of hydrogen-bond acceptors (Lipinski definition) is 5. The van der Waals surface area contributed by atoms with E-state index in [1.54, 1.807) is 11.5 Å². The van der Waals surface area contributed by atoms with E-state index in [-0.39, 0.29) is 6.61 Å². The molecule has 0 unspecified atom stereocenters. The smallest absolute Gasteiger partial charge is 0.426 e. The molecule has 0 radical (unpaired) electrons. The van der Waals surface area contributed by atoms with Crippen molar-refractivity contribution in [3.05, 3.63) is 42.2 Å². The quantitative estimate of drug-likeness (QED) is 0.665. The van der Waals surface area contributed by atoms with Crippen molar-refractivity contribution in [2.45, 2.75) is 12.1 Å². The molecule has 1 aromatic carbocycles. The fourth-order valence-electron chi connectivity index (χ4n) is 1.80. The van der Waals surface area contributed by atoms with Gasteiger partial charge in [0.05, 0.1) is 12.8 Å². The van der Waals surface area contributed by atoms with Crippen LogP contribution < -0.4 is 10.9 Å². The minimum Gasteiger partial charge on any atom is -0.449 e. The van der Waals surface area contributed by atoms with Crippen LogP contribution in [0.5, 0.6) is 0 Å². The summed E-state index contributed by atoms with van der Waals surface area (Å²) in [6.45, 7) is 1.90. The second kappa shape index (κ2) is 7.51. The molecule has 0 saturated heterocycles. The Morgan fingerprint density at radius 3 is 2.64 bits per heavy atom. The molecular formula is C14H16N4O3S. The monoisotopic (exact) mass is 320 g/mol. The molecule has 1 heterocycles. The Kier molecular flexibility index (Phi) is 5.42. The topological polar surface area (TPSA) is 85.2 Å². The molecule has 7 nitrogen and oxygen atoms in total. The van der Waals surface area contributed by atoms with Gasteiger partial charge in [0.2, 0.25) is 0 Å². The number of carbonyl (C=O) groups excluding carboxylic acids is 2. The highest BCUT2D eigenvalue weighted by molar-refractivity contribution is 7.98. The summed E-state index contributed by atoms with van der Waals surface area (Å²) in [6, 6.07) is 9.38. The highest BCUT2D eigenvalue weighted by Gasteiger charge is 2.18. The van der Waals surface area contributed by atoms with Gasteiger partial charge in [-0.05, 0) is 25.3 Å². The van der Waals surface area contributed by atoms with E-state index in [2.05, 4.69) is 20.6 Å². The van der Waals surface area contributed by atoms with Crippen LogP contribution in [-0.2, 0) is 4.74 Å². The van der Waals surface area contributed by atoms with E-state index in [1.165, 1.54) is 18.0 Å². The van der Waals surface area contributed by atoms with Crippen LogP contribution in [0.25, 0.3) is 5.69 Å². The third-order valence-corrected chi connectivity index (χ3v) is 3.37. The molecule has 0 spiro atoms. The number of hydrazine groups is 1. The summed E-state index contributed by atoms with van der Waals surface area (Å²) in [7, 11) is 0. The molecule has 0 aliphatic heterocycles. The van der Waals surface area contributed by atoms with Gasteiger partial charge < -0.3 is 4.74 Å². The fourth-order valence-corrected chi connectivity index (χ4v) is 2.35. The first kappa shape index (κ1) is 15.9. The third-order valence-electron chi connectivity index (χ3n) is 2.71. The summed E-state index contributed by atoms with van der Waals surface area (Å²) in [5.74, 6) is -0.482. The summed E-state index contributed by atoms with van der Waals surface area (Å²) in [5, 5.41) is 0.674. The summed E-state index contributed by atoms with van der Waals surface area (Å²) in [5.41, 5.74) is 5.60. The second-order valence-corrected chi connectivity index (χ2v) is 4.87. The molecule has 2 amide bonds. The number of ether oxygens (including phenoxy) is 1. The molecule has 0 aliphatic carbocycles. The number of nitrogens with zero attached hydrogens (tertiary/aromatic N) is 2. The molecule has 0 aliphatic rings. The Hall–Kier alpha value is -2.48. The normalized spacial score (nSPS) is 10.1. The first-order valence-electron chi connectivity index (χ1n) is 6.57. The fraction of sp³-hybridized carbons (Fsp3) is 0.214. The molecule has 0 saturated carbocycles. The van der Waals surface area contributed by atoms with Crippen molar-refractivity contribution in [3.8, 4) is 5.69 Å². The maximum Gasteiger partial charge on any atom is 0.426 e. The number of aromatic nitrogens is 2. The Morgan fingerprint density at radius 2 is 2.00 bits per heavy atom. The molecule has 22 heavy (non-hydrogen) atoms. The van der Waals surface area contributed by atoms with Gasteiger partial charge in [0.25, 0.3) is 5.91 Å². The zero-order chi connectivity index (χ0) is 15.9. The maximum atomic E-state index is 12.2. The SMILES string of the molecule is CCOC(=O)NNC(=O)c1cnc(SC)n1-c1ccccc1. The van der Waals surface area contributed by atoms with Crippen LogP contribution in [0.4, 0.5) is 4.79 Å². The van der Waals surface area contributed by atoms with Crippen LogP contribution >= 0.6 is 11.8 Å². The Bertz CT molecular complexity index is 657. The largest absolute Gasteiger partial charge is 0.449 e. The Labute approximate surface area is 132 Å². The summed E-state index contributed by atoms with van der Waals surface area (Å²) in [6.07, 6.45) is 2.62. The Morgan fingerprint density at radius 1 is 1.27 bits per heavy atom. The van der Waals surface area contributed by atoms with E-state index >= 15 is 0 Å². The molecule has 1 aromatic heterocycles. The summed E-state index contributed by atoms with van der Waals surface area (Å²) in [4.78, 5) is 27.7. The minimum absolute atomic E-state index is 0.222. The van der Waals surface area contributed by atoms with E-state index in [0.717, 1.165) is 5.69 Å². The number of carbonyl (C=O) groups is 2. The predicted octanol–water partition coefficient (Wildman–Crippen LogP) is 1.99. The van der Waals surface area contributed by atoms with Crippen molar-refractivity contribution < 1.29 is 14.3 Å². The zero-order valence-corrected chi connectivity index (χ0v) is 13.0. The van der Waals surface area contributed by atoms with Crippen molar-refractivity contribution in [2.75, 3.05) is 12.9 Å². The number of rotatable bonds is 4. The van der Waals surface area contributed by atoms with Gasteiger partial charge in [-0.1, -0.05) is 30.0 Å². The first-order chi connectivity index (χ1) is 10.7. The summed E-state index contributed by atoms with van der Waals surface area (Å²) < 4.78 is 6.39. The molecule has 0 fully saturated rings. The predicted molar refractivity (Wildman–Crippen MR) is 83.0 cm³/mol. The lowest BCUT2D eigenvalue weighted by atomic mass is 10.3. The molecule has 2 rings (SSSR count). The van der Waals surface area contributed by atoms with Crippen molar-refractivity contribution in [2.24, 2.45) is 0 Å². The first-order valence-corrected chi connectivity index (χ1v) is 7.80. The summed E-state index contributed by atoms with van der Waals surface area (Å²) >= 11 is 1.42. The van der Waals surface area contributed by atoms with E-state index < -0.39 is 12.0 Å².